The third-order valence-electron chi connectivity index (χ3n) is 1.94. The second-order valence-electron chi connectivity index (χ2n) is 3.06. The molecule has 0 radical (unpaired) electrons. The summed E-state index contributed by atoms with van der Waals surface area (Å²) in [6.45, 7) is 3.86. The average molecular weight is 257 g/mol. The largest absolute Gasteiger partial charge is 0.461 e. The molecule has 76 valence electrons. The molecular formula is C11H13BrO2. The molecule has 0 aliphatic heterocycles. The fourth-order valence-corrected chi connectivity index (χ4v) is 1.86. The Morgan fingerprint density at radius 1 is 1.50 bits per heavy atom. The molecule has 0 unspecified atom stereocenters. The van der Waals surface area contributed by atoms with E-state index in [0.29, 0.717) is 6.61 Å². The number of ether oxygens (including phenoxy) is 1. The Balaban J connectivity index is 2.71. The monoisotopic (exact) mass is 256 g/mol. The summed E-state index contributed by atoms with van der Waals surface area (Å²) in [5.41, 5.74) is 2.26. The van der Waals surface area contributed by atoms with E-state index < -0.39 is 0 Å². The molecule has 1 rings (SSSR count). The van der Waals surface area contributed by atoms with Gasteiger partial charge in [-0.25, -0.2) is 0 Å². The van der Waals surface area contributed by atoms with Crippen molar-refractivity contribution in [1.82, 2.24) is 0 Å². The van der Waals surface area contributed by atoms with Crippen LogP contribution in [0.4, 0.5) is 0 Å². The van der Waals surface area contributed by atoms with E-state index in [0.717, 1.165) is 16.5 Å². The summed E-state index contributed by atoms with van der Waals surface area (Å²) in [7, 11) is 0. The minimum absolute atomic E-state index is 0.249. The van der Waals surface area contributed by atoms with Crippen LogP contribution in [0.3, 0.4) is 0 Å². The van der Waals surface area contributed by atoms with Gasteiger partial charge >= 0.3 is 5.97 Å². The lowest BCUT2D eigenvalue weighted by atomic mass is 10.1. The fourth-order valence-electron chi connectivity index (χ4n) is 1.15. The number of carbonyl (C=O) groups is 1. The summed E-state index contributed by atoms with van der Waals surface area (Å²) in [4.78, 5) is 10.6. The Kier molecular flexibility index (Phi) is 4.14. The number of aryl methyl sites for hydroxylation is 1. The first-order valence-electron chi connectivity index (χ1n) is 4.54. The van der Waals surface area contributed by atoms with Crippen molar-refractivity contribution in [3.05, 3.63) is 33.8 Å². The van der Waals surface area contributed by atoms with Gasteiger partial charge in [0, 0.05) is 11.4 Å². The summed E-state index contributed by atoms with van der Waals surface area (Å²) in [5.74, 6) is -0.249. The molecule has 0 aliphatic carbocycles. The van der Waals surface area contributed by atoms with Crippen LogP contribution in [0.1, 0.15) is 25.0 Å². The summed E-state index contributed by atoms with van der Waals surface area (Å²) >= 11 is 3.47. The minimum Gasteiger partial charge on any atom is -0.461 e. The number of benzene rings is 1. The topological polar surface area (TPSA) is 26.3 Å². The lowest BCUT2D eigenvalue weighted by molar-refractivity contribution is -0.142. The molecule has 14 heavy (non-hydrogen) atoms. The second kappa shape index (κ2) is 5.15. The van der Waals surface area contributed by atoms with Crippen molar-refractivity contribution in [1.29, 1.82) is 0 Å². The van der Waals surface area contributed by atoms with E-state index in [2.05, 4.69) is 22.9 Å². The van der Waals surface area contributed by atoms with Gasteiger partial charge in [0.25, 0.3) is 0 Å². The third kappa shape index (κ3) is 3.14. The molecule has 0 atom stereocenters. The van der Waals surface area contributed by atoms with Gasteiger partial charge in [-0.1, -0.05) is 35.0 Å². The maximum atomic E-state index is 10.6. The molecule has 1 aromatic carbocycles. The second-order valence-corrected chi connectivity index (χ2v) is 3.91. The van der Waals surface area contributed by atoms with Crippen molar-refractivity contribution in [3.63, 3.8) is 0 Å². The number of carbonyl (C=O) groups excluding carboxylic acids is 1. The van der Waals surface area contributed by atoms with Crippen LogP contribution >= 0.6 is 15.9 Å². The summed E-state index contributed by atoms with van der Waals surface area (Å²) in [5, 5.41) is 0. The maximum Gasteiger partial charge on any atom is 0.302 e. The van der Waals surface area contributed by atoms with Gasteiger partial charge in [-0.2, -0.15) is 0 Å². The molecule has 3 heteroatoms. The fraction of sp³-hybridized carbons (Fsp3) is 0.364. The predicted octanol–water partition coefficient (Wildman–Crippen LogP) is 3.07. The van der Waals surface area contributed by atoms with Crippen molar-refractivity contribution in [3.8, 4) is 0 Å². The number of halogens is 1. The van der Waals surface area contributed by atoms with Gasteiger partial charge in [-0.05, 0) is 23.6 Å². The van der Waals surface area contributed by atoms with Crippen LogP contribution in [-0.2, 0) is 22.6 Å². The van der Waals surface area contributed by atoms with Crippen molar-refractivity contribution in [2.75, 3.05) is 0 Å². The number of hydrogen-bond donors (Lipinski definition) is 0. The van der Waals surface area contributed by atoms with E-state index in [1.54, 1.807) is 0 Å². The first-order valence-corrected chi connectivity index (χ1v) is 5.33. The SMILES string of the molecule is CCc1ccc(COC(C)=O)cc1Br. The Bertz CT molecular complexity index is 334. The zero-order chi connectivity index (χ0) is 10.6. The molecular weight excluding hydrogens is 244 g/mol. The van der Waals surface area contributed by atoms with E-state index >= 15 is 0 Å². The first kappa shape index (κ1) is 11.2. The van der Waals surface area contributed by atoms with Crippen LogP contribution in [0, 0.1) is 0 Å². The van der Waals surface area contributed by atoms with E-state index in [-0.39, 0.29) is 5.97 Å². The van der Waals surface area contributed by atoms with E-state index in [1.165, 1.54) is 12.5 Å². The van der Waals surface area contributed by atoms with Gasteiger partial charge in [0.1, 0.15) is 6.61 Å². The number of hydrogen-bond acceptors (Lipinski definition) is 2. The molecule has 0 aliphatic rings. The standard InChI is InChI=1S/C11H13BrO2/c1-3-10-5-4-9(6-11(10)12)7-14-8(2)13/h4-6H,3,7H2,1-2H3. The predicted molar refractivity (Wildman–Crippen MR) is 59.0 cm³/mol. The molecule has 0 fully saturated rings. The third-order valence-corrected chi connectivity index (χ3v) is 2.68. The lowest BCUT2D eigenvalue weighted by Gasteiger charge is -2.05. The lowest BCUT2D eigenvalue weighted by Crippen LogP contribution is -1.99. The average Bonchev–Trinajstić information content (AvgIpc) is 2.15. The van der Waals surface area contributed by atoms with Crippen LogP contribution in [0.5, 0.6) is 0 Å². The zero-order valence-electron chi connectivity index (χ0n) is 8.34. The minimum atomic E-state index is -0.249. The summed E-state index contributed by atoms with van der Waals surface area (Å²) < 4.78 is 5.97. The zero-order valence-corrected chi connectivity index (χ0v) is 9.93. The van der Waals surface area contributed by atoms with E-state index in [1.807, 2.05) is 18.2 Å². The van der Waals surface area contributed by atoms with Crippen LogP contribution in [0.25, 0.3) is 0 Å². The molecule has 0 bridgehead atoms. The molecule has 0 heterocycles. The van der Waals surface area contributed by atoms with Gasteiger partial charge in [-0.3, -0.25) is 4.79 Å². The number of esters is 1. The molecule has 0 aromatic heterocycles. The van der Waals surface area contributed by atoms with Gasteiger partial charge < -0.3 is 4.74 Å². The highest BCUT2D eigenvalue weighted by atomic mass is 79.9. The molecule has 1 aromatic rings. The highest BCUT2D eigenvalue weighted by molar-refractivity contribution is 9.10. The Morgan fingerprint density at radius 3 is 2.71 bits per heavy atom. The van der Waals surface area contributed by atoms with Crippen molar-refractivity contribution in [2.24, 2.45) is 0 Å². The Morgan fingerprint density at radius 2 is 2.21 bits per heavy atom. The smallest absolute Gasteiger partial charge is 0.302 e. The molecule has 0 saturated heterocycles. The van der Waals surface area contributed by atoms with Crippen molar-refractivity contribution in [2.45, 2.75) is 26.9 Å². The molecule has 0 amide bonds. The van der Waals surface area contributed by atoms with Crippen molar-refractivity contribution >= 4 is 21.9 Å². The molecule has 0 spiro atoms. The first-order chi connectivity index (χ1) is 6.63. The summed E-state index contributed by atoms with van der Waals surface area (Å²) in [6.07, 6.45) is 0.994. The van der Waals surface area contributed by atoms with Gasteiger partial charge in [-0.15, -0.1) is 0 Å². The van der Waals surface area contributed by atoms with Crippen LogP contribution in [-0.4, -0.2) is 5.97 Å². The molecule has 0 saturated carbocycles. The van der Waals surface area contributed by atoms with Crippen LogP contribution in [0.2, 0.25) is 0 Å². The van der Waals surface area contributed by atoms with Gasteiger partial charge in [0.05, 0.1) is 0 Å². The van der Waals surface area contributed by atoms with Crippen LogP contribution in [0.15, 0.2) is 22.7 Å². The molecule has 2 nitrogen and oxygen atoms in total. The highest BCUT2D eigenvalue weighted by Gasteiger charge is 2.01. The Labute approximate surface area is 92.4 Å². The van der Waals surface area contributed by atoms with Crippen molar-refractivity contribution < 1.29 is 9.53 Å². The number of rotatable bonds is 3. The normalized spacial score (nSPS) is 9.93. The molecule has 0 N–H and O–H groups in total. The summed E-state index contributed by atoms with van der Waals surface area (Å²) in [6, 6.07) is 6.01. The van der Waals surface area contributed by atoms with Gasteiger partial charge in [0.15, 0.2) is 0 Å². The van der Waals surface area contributed by atoms with Crippen LogP contribution < -0.4 is 0 Å². The van der Waals surface area contributed by atoms with E-state index in [9.17, 15) is 4.79 Å². The van der Waals surface area contributed by atoms with E-state index in [4.69, 9.17) is 4.74 Å². The highest BCUT2D eigenvalue weighted by Crippen LogP contribution is 2.19. The maximum absolute atomic E-state index is 10.6. The quantitative estimate of drug-likeness (QED) is 0.778. The Hall–Kier alpha value is -0.830. The van der Waals surface area contributed by atoms with Gasteiger partial charge in [0.2, 0.25) is 0 Å².